The number of hydrogen-bond acceptors (Lipinski definition) is 5. The molecule has 0 radical (unpaired) electrons. The molecule has 0 fully saturated rings. The Kier molecular flexibility index (Phi) is 8.42. The lowest BCUT2D eigenvalue weighted by molar-refractivity contribution is 0.0949. The number of nitrogens with one attached hydrogen (secondary N) is 1. The van der Waals surface area contributed by atoms with Crippen LogP contribution in [-0.2, 0) is 0 Å². The Bertz CT molecular complexity index is 488. The first kappa shape index (κ1) is 17.9. The van der Waals surface area contributed by atoms with E-state index in [0.717, 1.165) is 17.0 Å². The highest BCUT2D eigenvalue weighted by atomic mass is 35.5. The zero-order valence-electron chi connectivity index (χ0n) is 10.00. The molecule has 0 unspecified atom stereocenters. The van der Waals surface area contributed by atoms with E-state index in [1.165, 1.54) is 11.3 Å². The standard InChI is InChI=1S/C11H13N3O2S.2ClH/c12-3-1-4-13-10(15)9-7-17-11(14-9)8-2-5-16-6-8;;/h2,5-7H,1,3-4,12H2,(H,13,15);2*1H. The van der Waals surface area contributed by atoms with Crippen LogP contribution < -0.4 is 11.1 Å². The van der Waals surface area contributed by atoms with Crippen molar-refractivity contribution in [3.63, 3.8) is 0 Å². The van der Waals surface area contributed by atoms with Gasteiger partial charge in [-0.1, -0.05) is 0 Å². The van der Waals surface area contributed by atoms with E-state index in [2.05, 4.69) is 10.3 Å². The Morgan fingerprint density at radius 1 is 1.47 bits per heavy atom. The smallest absolute Gasteiger partial charge is 0.270 e. The Morgan fingerprint density at radius 2 is 2.26 bits per heavy atom. The Morgan fingerprint density at radius 3 is 2.89 bits per heavy atom. The van der Waals surface area contributed by atoms with Gasteiger partial charge >= 0.3 is 0 Å². The molecule has 0 spiro atoms. The summed E-state index contributed by atoms with van der Waals surface area (Å²) < 4.78 is 4.97. The molecule has 0 aliphatic heterocycles. The van der Waals surface area contributed by atoms with E-state index < -0.39 is 0 Å². The zero-order chi connectivity index (χ0) is 12.1. The lowest BCUT2D eigenvalue weighted by atomic mass is 10.3. The van der Waals surface area contributed by atoms with Gasteiger partial charge in [0.15, 0.2) is 0 Å². The van der Waals surface area contributed by atoms with Crippen LogP contribution in [0.2, 0.25) is 0 Å². The van der Waals surface area contributed by atoms with Crippen LogP contribution in [0, 0.1) is 0 Å². The van der Waals surface area contributed by atoms with Gasteiger partial charge in [0.1, 0.15) is 17.0 Å². The molecule has 2 rings (SSSR count). The first-order chi connectivity index (χ1) is 8.31. The molecule has 2 aromatic heterocycles. The molecule has 0 saturated heterocycles. The lowest BCUT2D eigenvalue weighted by Crippen LogP contribution is -2.26. The summed E-state index contributed by atoms with van der Waals surface area (Å²) in [5.41, 5.74) is 6.67. The van der Waals surface area contributed by atoms with Crippen LogP contribution in [-0.4, -0.2) is 24.0 Å². The molecular weight excluding hydrogens is 309 g/mol. The molecule has 2 heterocycles. The van der Waals surface area contributed by atoms with Gasteiger partial charge in [-0.3, -0.25) is 4.79 Å². The van der Waals surface area contributed by atoms with Crippen molar-refractivity contribution in [1.29, 1.82) is 0 Å². The number of rotatable bonds is 5. The minimum atomic E-state index is -0.163. The molecule has 3 N–H and O–H groups in total. The predicted octanol–water partition coefficient (Wildman–Crippen LogP) is 2.33. The van der Waals surface area contributed by atoms with Crippen LogP contribution in [0.5, 0.6) is 0 Å². The van der Waals surface area contributed by atoms with E-state index in [9.17, 15) is 4.79 Å². The molecule has 0 aromatic carbocycles. The fourth-order valence-corrected chi connectivity index (χ4v) is 2.08. The molecule has 0 bridgehead atoms. The highest BCUT2D eigenvalue weighted by molar-refractivity contribution is 7.13. The largest absolute Gasteiger partial charge is 0.472 e. The SMILES string of the molecule is Cl.Cl.NCCCNC(=O)c1csc(-c2ccoc2)n1. The number of aromatic nitrogens is 1. The predicted molar refractivity (Wildman–Crippen MR) is 80.3 cm³/mol. The molecule has 5 nitrogen and oxygen atoms in total. The van der Waals surface area contributed by atoms with E-state index in [1.54, 1.807) is 17.9 Å². The lowest BCUT2D eigenvalue weighted by Gasteiger charge is -2.00. The maximum atomic E-state index is 11.7. The number of nitrogens with two attached hydrogens (primary N) is 1. The number of carbonyl (C=O) groups is 1. The van der Waals surface area contributed by atoms with E-state index in [4.69, 9.17) is 10.2 Å². The van der Waals surface area contributed by atoms with Crippen molar-refractivity contribution < 1.29 is 9.21 Å². The van der Waals surface area contributed by atoms with Gasteiger partial charge in [-0.05, 0) is 19.0 Å². The number of furan rings is 1. The summed E-state index contributed by atoms with van der Waals surface area (Å²) in [6.07, 6.45) is 3.96. The van der Waals surface area contributed by atoms with Crippen LogP contribution in [0.3, 0.4) is 0 Å². The van der Waals surface area contributed by atoms with E-state index in [1.807, 2.05) is 6.07 Å². The fourth-order valence-electron chi connectivity index (χ4n) is 1.29. The summed E-state index contributed by atoms with van der Waals surface area (Å²) in [7, 11) is 0. The van der Waals surface area contributed by atoms with Gasteiger partial charge in [-0.25, -0.2) is 4.98 Å². The molecule has 0 aliphatic carbocycles. The molecule has 1 amide bonds. The average Bonchev–Trinajstić information content (AvgIpc) is 3.00. The minimum absolute atomic E-state index is 0. The summed E-state index contributed by atoms with van der Waals surface area (Å²) in [5, 5.41) is 5.28. The van der Waals surface area contributed by atoms with Crippen molar-refractivity contribution >= 4 is 42.1 Å². The number of carbonyl (C=O) groups excluding carboxylic acids is 1. The number of thiazole rings is 1. The third-order valence-electron chi connectivity index (χ3n) is 2.17. The molecular formula is C11H15Cl2N3O2S. The van der Waals surface area contributed by atoms with Crippen molar-refractivity contribution in [2.75, 3.05) is 13.1 Å². The van der Waals surface area contributed by atoms with Crippen LogP contribution >= 0.6 is 36.2 Å². The monoisotopic (exact) mass is 323 g/mol. The topological polar surface area (TPSA) is 81.1 Å². The third-order valence-corrected chi connectivity index (χ3v) is 3.06. The maximum Gasteiger partial charge on any atom is 0.270 e. The quantitative estimate of drug-likeness (QED) is 0.827. The van der Waals surface area contributed by atoms with Gasteiger partial charge in [0, 0.05) is 17.5 Å². The second-order valence-electron chi connectivity index (χ2n) is 3.45. The normalized spacial score (nSPS) is 9.32. The van der Waals surface area contributed by atoms with Crippen molar-refractivity contribution in [2.45, 2.75) is 6.42 Å². The van der Waals surface area contributed by atoms with Crippen LogP contribution in [0.4, 0.5) is 0 Å². The fraction of sp³-hybridized carbons (Fsp3) is 0.273. The van der Waals surface area contributed by atoms with Gasteiger partial charge in [0.05, 0.1) is 6.26 Å². The van der Waals surface area contributed by atoms with Crippen molar-refractivity contribution in [3.05, 3.63) is 29.7 Å². The van der Waals surface area contributed by atoms with E-state index >= 15 is 0 Å². The van der Waals surface area contributed by atoms with Gasteiger partial charge in [-0.2, -0.15) is 0 Å². The summed E-state index contributed by atoms with van der Waals surface area (Å²) in [6.45, 7) is 1.14. The Labute approximate surface area is 127 Å². The third kappa shape index (κ3) is 4.83. The molecule has 0 saturated carbocycles. The first-order valence-electron chi connectivity index (χ1n) is 5.27. The number of hydrogen-bond donors (Lipinski definition) is 2. The highest BCUT2D eigenvalue weighted by Gasteiger charge is 2.11. The molecule has 19 heavy (non-hydrogen) atoms. The highest BCUT2D eigenvalue weighted by Crippen LogP contribution is 2.23. The molecule has 2 aromatic rings. The molecule has 8 heteroatoms. The summed E-state index contributed by atoms with van der Waals surface area (Å²) in [6, 6.07) is 1.81. The average molecular weight is 324 g/mol. The van der Waals surface area contributed by atoms with Crippen molar-refractivity contribution in [1.82, 2.24) is 10.3 Å². The van der Waals surface area contributed by atoms with Crippen molar-refractivity contribution in [2.24, 2.45) is 5.73 Å². The first-order valence-corrected chi connectivity index (χ1v) is 6.15. The van der Waals surface area contributed by atoms with Crippen LogP contribution in [0.1, 0.15) is 16.9 Å². The second kappa shape index (κ2) is 8.92. The van der Waals surface area contributed by atoms with Crippen molar-refractivity contribution in [3.8, 4) is 10.6 Å². The maximum absolute atomic E-state index is 11.7. The summed E-state index contributed by atoms with van der Waals surface area (Å²) in [5.74, 6) is -0.163. The Hall–Kier alpha value is -1.08. The molecule has 0 atom stereocenters. The number of amides is 1. The van der Waals surface area contributed by atoms with Gasteiger partial charge in [-0.15, -0.1) is 36.2 Å². The number of nitrogens with zero attached hydrogens (tertiary/aromatic N) is 1. The van der Waals surface area contributed by atoms with Crippen LogP contribution in [0.15, 0.2) is 28.4 Å². The molecule has 106 valence electrons. The summed E-state index contributed by atoms with van der Waals surface area (Å²) >= 11 is 1.42. The van der Waals surface area contributed by atoms with Crippen LogP contribution in [0.25, 0.3) is 10.6 Å². The van der Waals surface area contributed by atoms with Gasteiger partial charge in [0.2, 0.25) is 0 Å². The molecule has 0 aliphatic rings. The minimum Gasteiger partial charge on any atom is -0.472 e. The van der Waals surface area contributed by atoms with E-state index in [-0.39, 0.29) is 30.7 Å². The zero-order valence-corrected chi connectivity index (χ0v) is 12.4. The second-order valence-corrected chi connectivity index (χ2v) is 4.31. The summed E-state index contributed by atoms with van der Waals surface area (Å²) in [4.78, 5) is 15.9. The van der Waals surface area contributed by atoms with E-state index in [0.29, 0.717) is 18.8 Å². The van der Waals surface area contributed by atoms with Gasteiger partial charge < -0.3 is 15.5 Å². The van der Waals surface area contributed by atoms with Gasteiger partial charge in [0.25, 0.3) is 5.91 Å². The Balaban J connectivity index is 0.00000162. The number of halogens is 2.